The Labute approximate surface area is 121 Å². The summed E-state index contributed by atoms with van der Waals surface area (Å²) >= 11 is 1.46. The zero-order valence-corrected chi connectivity index (χ0v) is 11.7. The summed E-state index contributed by atoms with van der Waals surface area (Å²) in [5.74, 6) is 0.701. The molecule has 0 saturated carbocycles. The Balaban J connectivity index is 1.59. The Hall–Kier alpha value is -2.08. The molecule has 20 heavy (non-hydrogen) atoms. The lowest BCUT2D eigenvalue weighted by Gasteiger charge is -2.26. The van der Waals surface area contributed by atoms with Gasteiger partial charge in [-0.1, -0.05) is 18.2 Å². The first kappa shape index (κ1) is 12.9. The lowest BCUT2D eigenvalue weighted by molar-refractivity contribution is -0.134. The van der Waals surface area contributed by atoms with Gasteiger partial charge in [-0.2, -0.15) is 0 Å². The number of nitrogens with two attached hydrogens (primary N) is 1. The molecule has 0 bridgehead atoms. The number of benzene rings is 1. The molecule has 1 aliphatic rings. The lowest BCUT2D eigenvalue weighted by atomic mass is 10.2. The minimum atomic E-state index is -0.00789. The smallest absolute Gasteiger partial charge is 0.260 e. The van der Waals surface area contributed by atoms with Gasteiger partial charge in [0.25, 0.3) is 5.91 Å². The van der Waals surface area contributed by atoms with Gasteiger partial charge in [0, 0.05) is 17.8 Å². The number of carbonyl (C=O) groups is 1. The number of aromatic nitrogens is 1. The second-order valence-electron chi connectivity index (χ2n) is 4.59. The fourth-order valence-electron chi connectivity index (χ4n) is 2.18. The maximum Gasteiger partial charge on any atom is 0.260 e. The lowest BCUT2D eigenvalue weighted by Crippen LogP contribution is -2.38. The number of thiazole rings is 1. The summed E-state index contributed by atoms with van der Waals surface area (Å²) < 4.78 is 5.49. The van der Waals surface area contributed by atoms with Crippen LogP contribution < -0.4 is 10.5 Å². The summed E-state index contributed by atoms with van der Waals surface area (Å²) in [5.41, 5.74) is 6.72. The van der Waals surface area contributed by atoms with Gasteiger partial charge in [0.15, 0.2) is 11.7 Å². The number of ether oxygens (including phenoxy) is 1. The molecule has 0 radical (unpaired) electrons. The molecule has 0 spiro atoms. The number of hydrogen-bond donors (Lipinski definition) is 1. The van der Waals surface area contributed by atoms with Gasteiger partial charge in [0.2, 0.25) is 0 Å². The highest BCUT2D eigenvalue weighted by atomic mass is 32.1. The van der Waals surface area contributed by atoms with Crippen molar-refractivity contribution in [3.8, 4) is 5.75 Å². The molecule has 1 aliphatic heterocycles. The molecule has 0 unspecified atom stereocenters. The predicted molar refractivity (Wildman–Crippen MR) is 77.6 cm³/mol. The van der Waals surface area contributed by atoms with Crippen molar-refractivity contribution in [3.05, 3.63) is 40.9 Å². The standard InChI is InChI=1S/C14H15N3O2S/c15-14-16-11-6-7-17(8-12(11)20-14)13(18)9-19-10-4-2-1-3-5-10/h1-5H,6-9H2,(H2,15,16). The predicted octanol–water partition coefficient (Wildman–Crippen LogP) is 1.69. The van der Waals surface area contributed by atoms with Gasteiger partial charge in [0.05, 0.1) is 12.2 Å². The Bertz CT molecular complexity index is 612. The van der Waals surface area contributed by atoms with E-state index >= 15 is 0 Å². The minimum absolute atomic E-state index is 0.00789. The van der Waals surface area contributed by atoms with E-state index < -0.39 is 0 Å². The van der Waals surface area contributed by atoms with Crippen molar-refractivity contribution in [1.82, 2.24) is 9.88 Å². The molecule has 0 atom stereocenters. The second kappa shape index (κ2) is 5.50. The van der Waals surface area contributed by atoms with Gasteiger partial charge in [-0.05, 0) is 12.1 Å². The number of nitrogen functional groups attached to an aromatic ring is 1. The van der Waals surface area contributed by atoms with Crippen molar-refractivity contribution in [3.63, 3.8) is 0 Å². The molecule has 0 saturated heterocycles. The molecule has 104 valence electrons. The van der Waals surface area contributed by atoms with E-state index in [0.29, 0.717) is 24.0 Å². The van der Waals surface area contributed by atoms with Crippen molar-refractivity contribution in [1.29, 1.82) is 0 Å². The second-order valence-corrected chi connectivity index (χ2v) is 5.70. The van der Waals surface area contributed by atoms with Crippen LogP contribution in [0.2, 0.25) is 0 Å². The Morgan fingerprint density at radius 1 is 1.40 bits per heavy atom. The van der Waals surface area contributed by atoms with Crippen molar-refractivity contribution < 1.29 is 9.53 Å². The molecule has 6 heteroatoms. The first-order valence-corrected chi connectivity index (χ1v) is 7.23. The topological polar surface area (TPSA) is 68.5 Å². The van der Waals surface area contributed by atoms with E-state index in [2.05, 4.69) is 4.98 Å². The average Bonchev–Trinajstić information content (AvgIpc) is 2.85. The quantitative estimate of drug-likeness (QED) is 0.933. The van der Waals surface area contributed by atoms with Crippen molar-refractivity contribution in [2.45, 2.75) is 13.0 Å². The van der Waals surface area contributed by atoms with Gasteiger partial charge in [-0.25, -0.2) is 4.98 Å². The summed E-state index contributed by atoms with van der Waals surface area (Å²) in [5, 5.41) is 0.574. The van der Waals surface area contributed by atoms with E-state index in [4.69, 9.17) is 10.5 Å². The average molecular weight is 289 g/mol. The highest BCUT2D eigenvalue weighted by Crippen LogP contribution is 2.26. The number of hydrogen-bond acceptors (Lipinski definition) is 5. The molecular formula is C14H15N3O2S. The van der Waals surface area contributed by atoms with E-state index in [1.54, 1.807) is 4.90 Å². The number of nitrogens with zero attached hydrogens (tertiary/aromatic N) is 2. The number of para-hydroxylation sites is 1. The molecule has 5 nitrogen and oxygen atoms in total. The molecule has 1 aromatic heterocycles. The fraction of sp³-hybridized carbons (Fsp3) is 0.286. The van der Waals surface area contributed by atoms with E-state index in [1.807, 2.05) is 30.3 Å². The van der Waals surface area contributed by atoms with E-state index in [-0.39, 0.29) is 12.5 Å². The molecule has 3 rings (SSSR count). The molecule has 2 heterocycles. The molecule has 0 aliphatic carbocycles. The number of carbonyl (C=O) groups excluding carboxylic acids is 1. The minimum Gasteiger partial charge on any atom is -0.484 e. The Morgan fingerprint density at radius 3 is 3.00 bits per heavy atom. The van der Waals surface area contributed by atoms with Gasteiger partial charge >= 0.3 is 0 Å². The van der Waals surface area contributed by atoms with Crippen LogP contribution in [-0.2, 0) is 17.8 Å². The van der Waals surface area contributed by atoms with Gasteiger partial charge in [-0.15, -0.1) is 11.3 Å². The SMILES string of the molecule is Nc1nc2c(s1)CN(C(=O)COc1ccccc1)CC2. The highest BCUT2D eigenvalue weighted by molar-refractivity contribution is 7.15. The van der Waals surface area contributed by atoms with Crippen molar-refractivity contribution in [2.24, 2.45) is 0 Å². The third-order valence-electron chi connectivity index (χ3n) is 3.21. The van der Waals surface area contributed by atoms with E-state index in [9.17, 15) is 4.79 Å². The monoisotopic (exact) mass is 289 g/mol. The van der Waals surface area contributed by atoms with Crippen LogP contribution in [0, 0.1) is 0 Å². The summed E-state index contributed by atoms with van der Waals surface area (Å²) in [6.45, 7) is 1.32. The summed E-state index contributed by atoms with van der Waals surface area (Å²) in [7, 11) is 0. The maximum absolute atomic E-state index is 12.1. The number of fused-ring (bicyclic) bond motifs is 1. The third-order valence-corrected chi connectivity index (χ3v) is 4.12. The number of amides is 1. The summed E-state index contributed by atoms with van der Waals surface area (Å²) in [6, 6.07) is 9.35. The summed E-state index contributed by atoms with van der Waals surface area (Å²) in [4.78, 5) is 19.3. The maximum atomic E-state index is 12.1. The largest absolute Gasteiger partial charge is 0.484 e. The molecule has 1 amide bonds. The Kier molecular flexibility index (Phi) is 3.56. The Morgan fingerprint density at radius 2 is 2.20 bits per heavy atom. The first-order chi connectivity index (χ1) is 9.72. The van der Waals surface area contributed by atoms with E-state index in [1.165, 1.54) is 11.3 Å². The van der Waals surface area contributed by atoms with Crippen LogP contribution in [0.1, 0.15) is 10.6 Å². The van der Waals surface area contributed by atoms with E-state index in [0.717, 1.165) is 17.0 Å². The van der Waals surface area contributed by atoms with Crippen molar-refractivity contribution >= 4 is 22.4 Å². The highest BCUT2D eigenvalue weighted by Gasteiger charge is 2.23. The zero-order chi connectivity index (χ0) is 13.9. The van der Waals surface area contributed by atoms with Crippen LogP contribution in [0.25, 0.3) is 0 Å². The van der Waals surface area contributed by atoms with Crippen LogP contribution >= 0.6 is 11.3 Å². The molecule has 2 aromatic rings. The third kappa shape index (κ3) is 2.75. The van der Waals surface area contributed by atoms with Crippen LogP contribution in [0.5, 0.6) is 5.75 Å². The van der Waals surface area contributed by atoms with Crippen LogP contribution in [0.3, 0.4) is 0 Å². The van der Waals surface area contributed by atoms with Crippen LogP contribution in [0.4, 0.5) is 5.13 Å². The molecular weight excluding hydrogens is 274 g/mol. The molecule has 0 fully saturated rings. The normalized spacial score (nSPS) is 13.9. The first-order valence-electron chi connectivity index (χ1n) is 6.42. The van der Waals surface area contributed by atoms with Crippen LogP contribution in [-0.4, -0.2) is 28.9 Å². The fourth-order valence-corrected chi connectivity index (χ4v) is 3.08. The van der Waals surface area contributed by atoms with Crippen LogP contribution in [0.15, 0.2) is 30.3 Å². The zero-order valence-electron chi connectivity index (χ0n) is 10.9. The summed E-state index contributed by atoms with van der Waals surface area (Å²) in [6.07, 6.45) is 0.764. The molecule has 1 aromatic carbocycles. The number of anilines is 1. The van der Waals surface area contributed by atoms with Gasteiger partial charge < -0.3 is 15.4 Å². The van der Waals surface area contributed by atoms with Crippen molar-refractivity contribution in [2.75, 3.05) is 18.9 Å². The van der Waals surface area contributed by atoms with Gasteiger partial charge in [-0.3, -0.25) is 4.79 Å². The van der Waals surface area contributed by atoms with Gasteiger partial charge in [0.1, 0.15) is 5.75 Å². The molecule has 2 N–H and O–H groups in total. The number of rotatable bonds is 3.